The Morgan fingerprint density at radius 1 is 0.519 bits per heavy atom. The third-order valence-electron chi connectivity index (χ3n) is 9.97. The van der Waals surface area contributed by atoms with Crippen molar-refractivity contribution < 1.29 is 23.8 Å². The van der Waals surface area contributed by atoms with E-state index in [9.17, 15) is 9.59 Å². The zero-order valence-corrected chi connectivity index (χ0v) is 32.1. The maximum atomic E-state index is 13.0. The molecule has 0 aliphatic rings. The van der Waals surface area contributed by atoms with E-state index in [1.54, 1.807) is 18.2 Å². The summed E-state index contributed by atoms with van der Waals surface area (Å²) in [6.07, 6.45) is 21.8. The fourth-order valence-electron chi connectivity index (χ4n) is 6.56. The first-order chi connectivity index (χ1) is 25.5. The van der Waals surface area contributed by atoms with Crippen LogP contribution in [0.3, 0.4) is 0 Å². The summed E-state index contributed by atoms with van der Waals surface area (Å²) in [5.74, 6) is 0.410. The van der Waals surface area contributed by atoms with Crippen LogP contribution in [0.5, 0.6) is 11.5 Å². The van der Waals surface area contributed by atoms with Crippen molar-refractivity contribution in [1.29, 1.82) is 0 Å². The van der Waals surface area contributed by atoms with Crippen LogP contribution in [-0.4, -0.2) is 25.2 Å². The van der Waals surface area contributed by atoms with E-state index in [-0.39, 0.29) is 11.9 Å². The minimum absolute atomic E-state index is 0.200. The van der Waals surface area contributed by atoms with Gasteiger partial charge in [-0.15, -0.1) is 0 Å². The van der Waals surface area contributed by atoms with Gasteiger partial charge in [-0.25, -0.2) is 4.79 Å². The molecule has 0 N–H and O–H groups in total. The highest BCUT2D eigenvalue weighted by Gasteiger charge is 2.17. The summed E-state index contributed by atoms with van der Waals surface area (Å²) in [6.45, 7) is 7.54. The Hall–Kier alpha value is -4.12. The van der Waals surface area contributed by atoms with Gasteiger partial charge in [0.15, 0.2) is 0 Å². The van der Waals surface area contributed by atoms with Gasteiger partial charge in [0.2, 0.25) is 0 Å². The van der Waals surface area contributed by atoms with Crippen LogP contribution < -0.4 is 9.47 Å². The molecule has 4 aromatic rings. The zero-order chi connectivity index (χ0) is 36.8. The fraction of sp³-hybridized carbons (Fsp3) is 0.489. The molecule has 0 radical (unpaired) electrons. The fourth-order valence-corrected chi connectivity index (χ4v) is 6.56. The van der Waals surface area contributed by atoms with Crippen LogP contribution in [0.15, 0.2) is 84.9 Å². The Balaban J connectivity index is 1.15. The number of rotatable bonds is 25. The van der Waals surface area contributed by atoms with Gasteiger partial charge in [0.05, 0.1) is 24.7 Å². The maximum Gasteiger partial charge on any atom is 0.343 e. The molecule has 5 heteroatoms. The third-order valence-corrected chi connectivity index (χ3v) is 9.97. The van der Waals surface area contributed by atoms with E-state index in [2.05, 4.69) is 26.0 Å². The Labute approximate surface area is 313 Å². The van der Waals surface area contributed by atoms with E-state index >= 15 is 0 Å². The summed E-state index contributed by atoms with van der Waals surface area (Å²) in [4.78, 5) is 25.6. The van der Waals surface area contributed by atoms with Crippen LogP contribution in [0, 0.1) is 0 Å². The number of carbonyl (C=O) groups is 2. The van der Waals surface area contributed by atoms with Crippen LogP contribution in [0.1, 0.15) is 152 Å². The van der Waals surface area contributed by atoms with Gasteiger partial charge in [0.25, 0.3) is 0 Å². The Kier molecular flexibility index (Phi) is 18.3. The number of ether oxygens (including phenoxy) is 3. The zero-order valence-electron chi connectivity index (χ0n) is 32.1. The molecule has 0 amide bonds. The molecule has 4 rings (SSSR count). The number of fused-ring (bicyclic) bond motifs is 1. The van der Waals surface area contributed by atoms with Crippen molar-refractivity contribution in [2.45, 2.75) is 136 Å². The number of hydrogen-bond acceptors (Lipinski definition) is 5. The third kappa shape index (κ3) is 14.1. The molecule has 0 aliphatic heterocycles. The molecule has 4 aromatic carbocycles. The van der Waals surface area contributed by atoms with Crippen LogP contribution in [0.25, 0.3) is 21.9 Å². The molecule has 0 fully saturated rings. The van der Waals surface area contributed by atoms with Crippen molar-refractivity contribution in [3.63, 3.8) is 0 Å². The second-order valence-corrected chi connectivity index (χ2v) is 14.3. The SMILES string of the molecule is CCCCCCCCCCCCCCCOc1ccc(-c2ccc(C(=O)Oc3ccc4cc([C@H](C)C(=O)OCCCCCC)ccc4c3)cc2)cc1. The predicted molar refractivity (Wildman–Crippen MR) is 215 cm³/mol. The van der Waals surface area contributed by atoms with Gasteiger partial charge in [-0.2, -0.15) is 0 Å². The standard InChI is InChI=1S/C47H62O5/c1-4-6-8-10-11-12-13-14-15-16-17-18-20-33-50-44-30-27-39(28-31-44)38-21-23-40(24-22-38)47(49)52-45-32-29-42-35-41(25-26-43(42)36-45)37(3)46(48)51-34-19-9-7-5-2/h21-32,35-37H,4-20,33-34H2,1-3H3/t37-/m0/s1. The van der Waals surface area contributed by atoms with E-state index in [1.807, 2.05) is 61.5 Å². The Bertz CT molecular complexity index is 1610. The molecule has 0 saturated heterocycles. The summed E-state index contributed by atoms with van der Waals surface area (Å²) >= 11 is 0. The topological polar surface area (TPSA) is 61.8 Å². The molecule has 5 nitrogen and oxygen atoms in total. The second kappa shape index (κ2) is 23.4. The summed E-state index contributed by atoms with van der Waals surface area (Å²) in [5, 5.41) is 1.90. The van der Waals surface area contributed by atoms with Gasteiger partial charge in [0, 0.05) is 0 Å². The molecule has 280 valence electrons. The summed E-state index contributed by atoms with van der Waals surface area (Å²) in [5.41, 5.74) is 3.48. The molecule has 0 heterocycles. The molecule has 0 spiro atoms. The van der Waals surface area contributed by atoms with Crippen molar-refractivity contribution in [3.8, 4) is 22.6 Å². The first-order valence-electron chi connectivity index (χ1n) is 20.2. The average Bonchev–Trinajstić information content (AvgIpc) is 3.17. The van der Waals surface area contributed by atoms with Crippen molar-refractivity contribution in [3.05, 3.63) is 96.1 Å². The van der Waals surface area contributed by atoms with Crippen molar-refractivity contribution in [2.24, 2.45) is 0 Å². The Morgan fingerprint density at radius 2 is 1.00 bits per heavy atom. The summed E-state index contributed by atoms with van der Waals surface area (Å²) in [7, 11) is 0. The predicted octanol–water partition coefficient (Wildman–Crippen LogP) is 13.4. The van der Waals surface area contributed by atoms with E-state index in [0.29, 0.717) is 17.9 Å². The van der Waals surface area contributed by atoms with E-state index in [1.165, 1.54) is 77.0 Å². The normalized spacial score (nSPS) is 11.8. The summed E-state index contributed by atoms with van der Waals surface area (Å²) in [6, 6.07) is 27.1. The smallest absolute Gasteiger partial charge is 0.343 e. The van der Waals surface area contributed by atoms with Gasteiger partial charge in [-0.05, 0) is 83.6 Å². The highest BCUT2D eigenvalue weighted by atomic mass is 16.5. The lowest BCUT2D eigenvalue weighted by molar-refractivity contribution is -0.145. The van der Waals surface area contributed by atoms with Gasteiger partial charge in [0.1, 0.15) is 11.5 Å². The largest absolute Gasteiger partial charge is 0.494 e. The number of unbranched alkanes of at least 4 members (excludes halogenated alkanes) is 15. The minimum atomic E-state index is -0.408. The highest BCUT2D eigenvalue weighted by molar-refractivity contribution is 5.93. The molecular weight excluding hydrogens is 645 g/mol. The van der Waals surface area contributed by atoms with Crippen molar-refractivity contribution in [2.75, 3.05) is 13.2 Å². The first kappa shape index (κ1) is 40.6. The monoisotopic (exact) mass is 706 g/mol. The van der Waals surface area contributed by atoms with E-state index in [4.69, 9.17) is 14.2 Å². The molecule has 0 unspecified atom stereocenters. The van der Waals surface area contributed by atoms with Crippen LogP contribution in [0.4, 0.5) is 0 Å². The molecule has 0 saturated carbocycles. The molecule has 0 bridgehead atoms. The van der Waals surface area contributed by atoms with Crippen molar-refractivity contribution in [1.82, 2.24) is 0 Å². The lowest BCUT2D eigenvalue weighted by Gasteiger charge is -2.13. The molecular formula is C47H62O5. The number of benzene rings is 4. The molecule has 1 atom stereocenters. The van der Waals surface area contributed by atoms with Gasteiger partial charge < -0.3 is 14.2 Å². The van der Waals surface area contributed by atoms with Crippen LogP contribution in [0.2, 0.25) is 0 Å². The lowest BCUT2D eigenvalue weighted by Crippen LogP contribution is -2.14. The number of esters is 2. The lowest BCUT2D eigenvalue weighted by atomic mass is 9.98. The first-order valence-corrected chi connectivity index (χ1v) is 20.2. The molecule has 0 aliphatic carbocycles. The highest BCUT2D eigenvalue weighted by Crippen LogP contribution is 2.28. The second-order valence-electron chi connectivity index (χ2n) is 14.3. The minimum Gasteiger partial charge on any atom is -0.494 e. The van der Waals surface area contributed by atoms with Gasteiger partial charge in [-0.3, -0.25) is 4.79 Å². The maximum absolute atomic E-state index is 13.0. The van der Waals surface area contributed by atoms with E-state index < -0.39 is 5.97 Å². The van der Waals surface area contributed by atoms with Crippen LogP contribution >= 0.6 is 0 Å². The summed E-state index contributed by atoms with van der Waals surface area (Å²) < 4.78 is 17.2. The van der Waals surface area contributed by atoms with Gasteiger partial charge >= 0.3 is 11.9 Å². The number of hydrogen-bond donors (Lipinski definition) is 0. The van der Waals surface area contributed by atoms with E-state index in [0.717, 1.165) is 71.9 Å². The van der Waals surface area contributed by atoms with Gasteiger partial charge in [-0.1, -0.05) is 159 Å². The van der Waals surface area contributed by atoms with Crippen molar-refractivity contribution >= 4 is 22.7 Å². The molecule has 0 aromatic heterocycles. The Morgan fingerprint density at radius 3 is 1.62 bits per heavy atom. The average molecular weight is 707 g/mol. The number of carbonyl (C=O) groups excluding carboxylic acids is 2. The quantitative estimate of drug-likeness (QED) is 0.0390. The van der Waals surface area contributed by atoms with Crippen LogP contribution in [-0.2, 0) is 9.53 Å². The molecule has 52 heavy (non-hydrogen) atoms.